The summed E-state index contributed by atoms with van der Waals surface area (Å²) in [5.74, 6) is -0.549. The summed E-state index contributed by atoms with van der Waals surface area (Å²) in [5.41, 5.74) is 3.02. The van der Waals surface area contributed by atoms with E-state index in [2.05, 4.69) is 34.2 Å². The van der Waals surface area contributed by atoms with Gasteiger partial charge in [-0.25, -0.2) is 13.8 Å². The molecule has 1 heterocycles. The lowest BCUT2D eigenvalue weighted by atomic mass is 10.1. The smallest absolute Gasteiger partial charge is 0.153 e. The Balaban J connectivity index is 1.81. The van der Waals surface area contributed by atoms with E-state index in [9.17, 15) is 8.78 Å². The number of aryl methyl sites for hydroxylation is 3. The number of rotatable bonds is 3. The highest BCUT2D eigenvalue weighted by Gasteiger charge is 2.09. The third-order valence-electron chi connectivity index (χ3n) is 3.32. The van der Waals surface area contributed by atoms with E-state index in [0.717, 1.165) is 12.5 Å². The van der Waals surface area contributed by atoms with Gasteiger partial charge in [0.1, 0.15) is 17.2 Å². The van der Waals surface area contributed by atoms with Gasteiger partial charge < -0.3 is 4.98 Å². The highest BCUT2D eigenvalue weighted by molar-refractivity contribution is 5.75. The Morgan fingerprint density at radius 3 is 2.55 bits per heavy atom. The summed E-state index contributed by atoms with van der Waals surface area (Å²) in [4.78, 5) is 7.16. The molecule has 0 saturated carbocycles. The summed E-state index contributed by atoms with van der Waals surface area (Å²) >= 11 is 0. The summed E-state index contributed by atoms with van der Waals surface area (Å²) in [5, 5.41) is 0. The molecular weight excluding hydrogens is 258 g/mol. The molecule has 20 heavy (non-hydrogen) atoms. The molecule has 0 bridgehead atoms. The Hall–Kier alpha value is -2.23. The van der Waals surface area contributed by atoms with Crippen LogP contribution < -0.4 is 0 Å². The van der Waals surface area contributed by atoms with Crippen LogP contribution in [0.1, 0.15) is 17.0 Å². The van der Waals surface area contributed by atoms with E-state index in [-0.39, 0.29) is 5.52 Å². The molecule has 4 heteroatoms. The molecule has 0 unspecified atom stereocenters. The predicted molar refractivity (Wildman–Crippen MR) is 74.6 cm³/mol. The van der Waals surface area contributed by atoms with Crippen LogP contribution >= 0.6 is 0 Å². The Labute approximate surface area is 115 Å². The molecule has 1 aromatic heterocycles. The molecule has 0 spiro atoms. The zero-order chi connectivity index (χ0) is 14.1. The van der Waals surface area contributed by atoms with E-state index in [4.69, 9.17) is 0 Å². The lowest BCUT2D eigenvalue weighted by Gasteiger charge is -1.99. The van der Waals surface area contributed by atoms with Crippen LogP contribution in [0.3, 0.4) is 0 Å². The van der Waals surface area contributed by atoms with Crippen LogP contribution in [-0.4, -0.2) is 9.97 Å². The van der Waals surface area contributed by atoms with Crippen LogP contribution in [-0.2, 0) is 12.8 Å². The molecule has 0 atom stereocenters. The zero-order valence-corrected chi connectivity index (χ0v) is 11.1. The molecule has 3 rings (SSSR count). The number of nitrogens with zero attached hydrogens (tertiary/aromatic N) is 1. The summed E-state index contributed by atoms with van der Waals surface area (Å²) in [7, 11) is 0. The van der Waals surface area contributed by atoms with Crippen molar-refractivity contribution in [1.29, 1.82) is 0 Å². The number of H-pyrrole nitrogens is 1. The van der Waals surface area contributed by atoms with Gasteiger partial charge in [-0.05, 0) is 25.0 Å². The third kappa shape index (κ3) is 2.54. The standard InChI is InChI=1S/C16H14F2N2/c1-10-2-4-11(5-3-10)6-7-15-19-14-9-12(17)8-13(18)16(14)20-15/h2-5,8-9H,6-7H2,1H3,(H,19,20). The fourth-order valence-corrected chi connectivity index (χ4v) is 2.23. The lowest BCUT2D eigenvalue weighted by molar-refractivity contribution is 0.590. The minimum Gasteiger partial charge on any atom is -0.342 e. The second kappa shape index (κ2) is 5.04. The normalized spacial score (nSPS) is 11.2. The molecule has 0 fully saturated rings. The van der Waals surface area contributed by atoms with E-state index < -0.39 is 11.6 Å². The Kier molecular flexibility index (Phi) is 3.22. The average Bonchev–Trinajstić information content (AvgIpc) is 2.81. The molecule has 0 saturated heterocycles. The Morgan fingerprint density at radius 2 is 1.80 bits per heavy atom. The van der Waals surface area contributed by atoms with Crippen molar-refractivity contribution in [2.75, 3.05) is 0 Å². The van der Waals surface area contributed by atoms with Crippen LogP contribution in [0, 0.1) is 18.6 Å². The molecule has 0 aliphatic rings. The fraction of sp³-hybridized carbons (Fsp3) is 0.188. The maximum atomic E-state index is 13.5. The predicted octanol–water partition coefficient (Wildman–Crippen LogP) is 3.93. The third-order valence-corrected chi connectivity index (χ3v) is 3.32. The molecule has 2 nitrogen and oxygen atoms in total. The van der Waals surface area contributed by atoms with Gasteiger partial charge in [-0.15, -0.1) is 0 Å². The first-order chi connectivity index (χ1) is 9.61. The van der Waals surface area contributed by atoms with Gasteiger partial charge in [-0.2, -0.15) is 0 Å². The monoisotopic (exact) mass is 272 g/mol. The molecule has 102 valence electrons. The molecule has 0 radical (unpaired) electrons. The number of benzene rings is 2. The molecule has 2 aromatic carbocycles. The van der Waals surface area contributed by atoms with Gasteiger partial charge in [0.2, 0.25) is 0 Å². The Bertz CT molecular complexity index is 745. The van der Waals surface area contributed by atoms with Crippen LogP contribution in [0.5, 0.6) is 0 Å². The summed E-state index contributed by atoms with van der Waals surface area (Å²) in [6.45, 7) is 2.04. The maximum Gasteiger partial charge on any atom is 0.153 e. The highest BCUT2D eigenvalue weighted by atomic mass is 19.1. The van der Waals surface area contributed by atoms with Crippen molar-refractivity contribution in [1.82, 2.24) is 9.97 Å². The fourth-order valence-electron chi connectivity index (χ4n) is 2.23. The van der Waals surface area contributed by atoms with Gasteiger partial charge in [0, 0.05) is 12.5 Å². The lowest BCUT2D eigenvalue weighted by Crippen LogP contribution is -1.93. The number of aromatic nitrogens is 2. The van der Waals surface area contributed by atoms with Crippen LogP contribution in [0.15, 0.2) is 36.4 Å². The number of nitrogens with one attached hydrogen (secondary N) is 1. The quantitative estimate of drug-likeness (QED) is 0.768. The van der Waals surface area contributed by atoms with Gasteiger partial charge in [0.05, 0.1) is 5.52 Å². The topological polar surface area (TPSA) is 28.7 Å². The van der Waals surface area contributed by atoms with E-state index in [1.807, 2.05) is 6.92 Å². The SMILES string of the molecule is Cc1ccc(CCc2nc3c(F)cc(F)cc3[nH]2)cc1. The first-order valence-corrected chi connectivity index (χ1v) is 6.51. The number of aromatic amines is 1. The second-order valence-electron chi connectivity index (χ2n) is 4.95. The van der Waals surface area contributed by atoms with Crippen molar-refractivity contribution in [3.63, 3.8) is 0 Å². The molecule has 0 amide bonds. The van der Waals surface area contributed by atoms with Crippen molar-refractivity contribution in [2.24, 2.45) is 0 Å². The van der Waals surface area contributed by atoms with E-state index in [1.54, 1.807) is 0 Å². The van der Waals surface area contributed by atoms with Crippen LogP contribution in [0.2, 0.25) is 0 Å². The molecule has 0 aliphatic carbocycles. The summed E-state index contributed by atoms with van der Waals surface area (Å²) in [6.07, 6.45) is 1.48. The number of imidazole rings is 1. The first kappa shape index (κ1) is 12.8. The van der Waals surface area contributed by atoms with E-state index >= 15 is 0 Å². The van der Waals surface area contributed by atoms with Crippen LogP contribution in [0.25, 0.3) is 11.0 Å². The molecular formula is C16H14F2N2. The zero-order valence-electron chi connectivity index (χ0n) is 11.1. The largest absolute Gasteiger partial charge is 0.342 e. The van der Waals surface area contributed by atoms with Crippen molar-refractivity contribution in [3.8, 4) is 0 Å². The molecule has 3 aromatic rings. The van der Waals surface area contributed by atoms with E-state index in [1.165, 1.54) is 17.2 Å². The van der Waals surface area contributed by atoms with Crippen molar-refractivity contribution >= 4 is 11.0 Å². The van der Waals surface area contributed by atoms with Gasteiger partial charge in [0.25, 0.3) is 0 Å². The van der Waals surface area contributed by atoms with Gasteiger partial charge in [0.15, 0.2) is 5.82 Å². The van der Waals surface area contributed by atoms with Gasteiger partial charge in [-0.3, -0.25) is 0 Å². The van der Waals surface area contributed by atoms with Crippen molar-refractivity contribution in [3.05, 3.63) is 65.0 Å². The van der Waals surface area contributed by atoms with Crippen molar-refractivity contribution < 1.29 is 8.78 Å². The van der Waals surface area contributed by atoms with Gasteiger partial charge in [-0.1, -0.05) is 29.8 Å². The number of hydrogen-bond acceptors (Lipinski definition) is 1. The van der Waals surface area contributed by atoms with Crippen molar-refractivity contribution in [2.45, 2.75) is 19.8 Å². The average molecular weight is 272 g/mol. The first-order valence-electron chi connectivity index (χ1n) is 6.51. The molecule has 0 aliphatic heterocycles. The highest BCUT2D eigenvalue weighted by Crippen LogP contribution is 2.18. The molecule has 1 N–H and O–H groups in total. The maximum absolute atomic E-state index is 13.5. The summed E-state index contributed by atoms with van der Waals surface area (Å²) < 4.78 is 26.7. The number of fused-ring (bicyclic) bond motifs is 1. The number of hydrogen-bond donors (Lipinski definition) is 1. The van der Waals surface area contributed by atoms with E-state index in [0.29, 0.717) is 17.8 Å². The number of halogens is 2. The Morgan fingerprint density at radius 1 is 1.05 bits per heavy atom. The minimum absolute atomic E-state index is 0.199. The van der Waals surface area contributed by atoms with Gasteiger partial charge >= 0.3 is 0 Å². The van der Waals surface area contributed by atoms with Crippen LogP contribution in [0.4, 0.5) is 8.78 Å². The second-order valence-corrected chi connectivity index (χ2v) is 4.95. The minimum atomic E-state index is -0.627. The summed E-state index contributed by atoms with van der Waals surface area (Å²) in [6, 6.07) is 10.4.